The van der Waals surface area contributed by atoms with Gasteiger partial charge in [0.05, 0.1) is 33.0 Å². The monoisotopic (exact) mass is 248 g/mol. The van der Waals surface area contributed by atoms with Gasteiger partial charge in [0.1, 0.15) is 13.2 Å². The summed E-state index contributed by atoms with van der Waals surface area (Å²) < 4.78 is 24.4. The van der Waals surface area contributed by atoms with Gasteiger partial charge in [-0.1, -0.05) is 12.7 Å². The maximum atomic E-state index is 10.8. The molecule has 0 aromatic carbocycles. The van der Waals surface area contributed by atoms with Crippen LogP contribution >= 0.6 is 0 Å². The van der Waals surface area contributed by atoms with E-state index < -0.39 is 6.16 Å². The van der Waals surface area contributed by atoms with Crippen molar-refractivity contribution in [1.29, 1.82) is 0 Å². The summed E-state index contributed by atoms with van der Waals surface area (Å²) >= 11 is 0. The summed E-state index contributed by atoms with van der Waals surface area (Å²) in [5.74, 6) is 0. The van der Waals surface area contributed by atoms with Crippen molar-refractivity contribution in [3.05, 3.63) is 12.7 Å². The van der Waals surface area contributed by atoms with Gasteiger partial charge in [0, 0.05) is 7.11 Å². The Morgan fingerprint density at radius 1 is 1.00 bits per heavy atom. The van der Waals surface area contributed by atoms with Crippen molar-refractivity contribution in [3.8, 4) is 0 Å². The van der Waals surface area contributed by atoms with E-state index in [1.807, 2.05) is 0 Å². The molecule has 6 nitrogen and oxygen atoms in total. The molecule has 0 spiro atoms. The standard InChI is InChI=1S/C11H20O6/c1-3-4-16-11(12)17-10-9-15-8-7-14-6-5-13-2/h3H,1,4-10H2,2H3. The lowest BCUT2D eigenvalue weighted by atomic mass is 10.7. The second-order valence-corrected chi connectivity index (χ2v) is 2.92. The van der Waals surface area contributed by atoms with Crippen molar-refractivity contribution in [3.63, 3.8) is 0 Å². The second kappa shape index (κ2) is 13.0. The summed E-state index contributed by atoms with van der Waals surface area (Å²) in [6.07, 6.45) is 0.750. The smallest absolute Gasteiger partial charge is 0.432 e. The van der Waals surface area contributed by atoms with Gasteiger partial charge >= 0.3 is 6.16 Å². The molecule has 0 unspecified atom stereocenters. The van der Waals surface area contributed by atoms with Crippen LogP contribution in [-0.2, 0) is 23.7 Å². The lowest BCUT2D eigenvalue weighted by Gasteiger charge is -2.06. The van der Waals surface area contributed by atoms with Crippen molar-refractivity contribution in [2.45, 2.75) is 0 Å². The summed E-state index contributed by atoms with van der Waals surface area (Å²) in [6, 6.07) is 0. The molecule has 0 aliphatic carbocycles. The molecule has 6 heteroatoms. The summed E-state index contributed by atoms with van der Waals surface area (Å²) in [5, 5.41) is 0. The van der Waals surface area contributed by atoms with E-state index in [-0.39, 0.29) is 13.2 Å². The van der Waals surface area contributed by atoms with Crippen LogP contribution in [0.3, 0.4) is 0 Å². The van der Waals surface area contributed by atoms with Crippen LogP contribution < -0.4 is 0 Å². The van der Waals surface area contributed by atoms with Crippen LogP contribution in [0.5, 0.6) is 0 Å². The van der Waals surface area contributed by atoms with E-state index in [1.165, 1.54) is 6.08 Å². The normalized spacial score (nSPS) is 9.94. The summed E-state index contributed by atoms with van der Waals surface area (Å²) in [6.45, 7) is 6.08. The Hall–Kier alpha value is -1.11. The number of carbonyl (C=O) groups is 1. The molecule has 0 bridgehead atoms. The second-order valence-electron chi connectivity index (χ2n) is 2.92. The van der Waals surface area contributed by atoms with Gasteiger partial charge in [-0.3, -0.25) is 0 Å². The number of hydrogen-bond acceptors (Lipinski definition) is 6. The summed E-state index contributed by atoms with van der Waals surface area (Å²) in [7, 11) is 1.61. The fraction of sp³-hybridized carbons (Fsp3) is 0.727. The van der Waals surface area contributed by atoms with Gasteiger partial charge in [-0.15, -0.1) is 0 Å². The van der Waals surface area contributed by atoms with Gasteiger partial charge in [-0.05, 0) is 0 Å². The van der Waals surface area contributed by atoms with Crippen LogP contribution in [0.2, 0.25) is 0 Å². The van der Waals surface area contributed by atoms with Crippen LogP contribution in [0.15, 0.2) is 12.7 Å². The maximum absolute atomic E-state index is 10.8. The molecule has 0 aliphatic rings. The van der Waals surface area contributed by atoms with E-state index in [1.54, 1.807) is 7.11 Å². The number of ether oxygens (including phenoxy) is 5. The van der Waals surface area contributed by atoms with Gasteiger partial charge in [-0.2, -0.15) is 0 Å². The van der Waals surface area contributed by atoms with Crippen LogP contribution in [0.25, 0.3) is 0 Å². The van der Waals surface area contributed by atoms with Crippen molar-refractivity contribution in [2.24, 2.45) is 0 Å². The number of rotatable bonds is 11. The molecule has 0 heterocycles. The molecule has 100 valence electrons. The van der Waals surface area contributed by atoms with Crippen molar-refractivity contribution in [2.75, 3.05) is 53.4 Å². The largest absolute Gasteiger partial charge is 0.508 e. The number of carbonyl (C=O) groups excluding carboxylic acids is 1. The molecule has 0 aromatic heterocycles. The van der Waals surface area contributed by atoms with E-state index in [4.69, 9.17) is 18.9 Å². The zero-order valence-electron chi connectivity index (χ0n) is 10.2. The van der Waals surface area contributed by atoms with E-state index in [0.29, 0.717) is 33.0 Å². The Bertz CT molecular complexity index is 194. The first-order valence-corrected chi connectivity index (χ1v) is 5.36. The predicted molar refractivity (Wildman–Crippen MR) is 61.0 cm³/mol. The van der Waals surface area contributed by atoms with Crippen LogP contribution in [0.1, 0.15) is 0 Å². The third-order valence-electron chi connectivity index (χ3n) is 1.57. The predicted octanol–water partition coefficient (Wildman–Crippen LogP) is 1.01. The molecule has 0 saturated carbocycles. The van der Waals surface area contributed by atoms with Gasteiger partial charge < -0.3 is 23.7 Å². The lowest BCUT2D eigenvalue weighted by molar-refractivity contribution is 0.00289. The highest BCUT2D eigenvalue weighted by Gasteiger charge is 2.01. The first kappa shape index (κ1) is 15.9. The molecule has 0 amide bonds. The number of methoxy groups -OCH3 is 1. The molecule has 0 atom stereocenters. The maximum Gasteiger partial charge on any atom is 0.508 e. The molecule has 0 aromatic rings. The average molecular weight is 248 g/mol. The Kier molecular flexibility index (Phi) is 12.1. The minimum Gasteiger partial charge on any atom is -0.432 e. The zero-order chi connectivity index (χ0) is 12.8. The van der Waals surface area contributed by atoms with Gasteiger partial charge in [0.15, 0.2) is 0 Å². The van der Waals surface area contributed by atoms with E-state index in [0.717, 1.165) is 0 Å². The molecule has 17 heavy (non-hydrogen) atoms. The average Bonchev–Trinajstić information content (AvgIpc) is 2.34. The van der Waals surface area contributed by atoms with Gasteiger partial charge in [0.2, 0.25) is 0 Å². The molecule has 0 saturated heterocycles. The topological polar surface area (TPSA) is 63.2 Å². The van der Waals surface area contributed by atoms with E-state index >= 15 is 0 Å². The molecular formula is C11H20O6. The quantitative estimate of drug-likeness (QED) is 0.309. The molecule has 0 radical (unpaired) electrons. The molecule has 0 fully saturated rings. The van der Waals surface area contributed by atoms with Crippen LogP contribution in [-0.4, -0.2) is 59.5 Å². The Morgan fingerprint density at radius 3 is 2.18 bits per heavy atom. The van der Waals surface area contributed by atoms with Crippen molar-refractivity contribution < 1.29 is 28.5 Å². The molecular weight excluding hydrogens is 228 g/mol. The first-order chi connectivity index (χ1) is 8.31. The third kappa shape index (κ3) is 12.8. The number of hydrogen-bond donors (Lipinski definition) is 0. The highest BCUT2D eigenvalue weighted by atomic mass is 16.7. The minimum atomic E-state index is -0.718. The fourth-order valence-corrected chi connectivity index (χ4v) is 0.817. The van der Waals surface area contributed by atoms with Crippen LogP contribution in [0, 0.1) is 0 Å². The Balaban J connectivity index is 3.07. The first-order valence-electron chi connectivity index (χ1n) is 5.36. The van der Waals surface area contributed by atoms with E-state index in [2.05, 4.69) is 11.3 Å². The molecule has 0 rings (SSSR count). The van der Waals surface area contributed by atoms with Crippen molar-refractivity contribution in [1.82, 2.24) is 0 Å². The van der Waals surface area contributed by atoms with Gasteiger partial charge in [0.25, 0.3) is 0 Å². The summed E-state index contributed by atoms with van der Waals surface area (Å²) in [5.41, 5.74) is 0. The SMILES string of the molecule is C=CCOC(=O)OCCOCCOCCOC. The van der Waals surface area contributed by atoms with Crippen LogP contribution in [0.4, 0.5) is 4.79 Å². The minimum absolute atomic E-state index is 0.146. The molecule has 0 aliphatic heterocycles. The molecule has 0 N–H and O–H groups in total. The fourth-order valence-electron chi connectivity index (χ4n) is 0.817. The highest BCUT2D eigenvalue weighted by Crippen LogP contribution is 1.87. The van der Waals surface area contributed by atoms with Crippen molar-refractivity contribution >= 4 is 6.16 Å². The summed E-state index contributed by atoms with van der Waals surface area (Å²) in [4.78, 5) is 10.8. The third-order valence-corrected chi connectivity index (χ3v) is 1.57. The zero-order valence-corrected chi connectivity index (χ0v) is 10.2. The van der Waals surface area contributed by atoms with Gasteiger partial charge in [-0.25, -0.2) is 4.79 Å². The Morgan fingerprint density at radius 2 is 1.59 bits per heavy atom. The highest BCUT2D eigenvalue weighted by molar-refractivity contribution is 5.59. The Labute approximate surface area is 101 Å². The van der Waals surface area contributed by atoms with E-state index in [9.17, 15) is 4.79 Å². The lowest BCUT2D eigenvalue weighted by Crippen LogP contribution is -2.14.